The van der Waals surface area contributed by atoms with Gasteiger partial charge in [-0.05, 0) is 35.9 Å². The molecule has 124 valence electrons. The van der Waals surface area contributed by atoms with E-state index in [0.717, 1.165) is 11.3 Å². The molecule has 0 spiro atoms. The molecule has 1 atom stereocenters. The molecule has 4 nitrogen and oxygen atoms in total. The number of amides is 1. The standard InChI is InChI=1S/C18H15Cl2NO3/c19-14-7-5-12(9-15(14)20)6-8-18(22)21-10-13-11-23-16-3-1-2-4-17(16)24-13/h1-9,13H,10-11H2,(H,21,22)/b8-6+/t13-/m0/s1. The minimum atomic E-state index is -0.220. The maximum Gasteiger partial charge on any atom is 0.244 e. The van der Waals surface area contributed by atoms with Gasteiger partial charge in [0.2, 0.25) is 5.91 Å². The van der Waals surface area contributed by atoms with Crippen LogP contribution in [0, 0.1) is 0 Å². The lowest BCUT2D eigenvalue weighted by molar-refractivity contribution is -0.116. The molecule has 0 saturated carbocycles. The van der Waals surface area contributed by atoms with Crippen molar-refractivity contribution in [3.05, 3.63) is 64.1 Å². The van der Waals surface area contributed by atoms with E-state index in [-0.39, 0.29) is 12.0 Å². The second-order valence-corrected chi connectivity index (χ2v) is 6.06. The number of carbonyl (C=O) groups excluding carboxylic acids is 1. The van der Waals surface area contributed by atoms with Gasteiger partial charge >= 0.3 is 0 Å². The average Bonchev–Trinajstić information content (AvgIpc) is 2.60. The Hall–Kier alpha value is -2.17. The van der Waals surface area contributed by atoms with Crippen LogP contribution in [0.2, 0.25) is 10.0 Å². The zero-order valence-electron chi connectivity index (χ0n) is 12.7. The van der Waals surface area contributed by atoms with Crippen LogP contribution in [0.25, 0.3) is 6.08 Å². The third-order valence-corrected chi connectivity index (χ3v) is 4.18. The van der Waals surface area contributed by atoms with E-state index in [2.05, 4.69) is 5.32 Å². The molecular formula is C18H15Cl2NO3. The second kappa shape index (κ2) is 7.60. The molecule has 0 radical (unpaired) electrons. The van der Waals surface area contributed by atoms with Crippen molar-refractivity contribution in [1.29, 1.82) is 0 Å². The molecule has 1 aliphatic heterocycles. The molecule has 2 aromatic rings. The van der Waals surface area contributed by atoms with Gasteiger partial charge in [-0.15, -0.1) is 0 Å². The minimum absolute atomic E-state index is 0.219. The zero-order chi connectivity index (χ0) is 16.9. The van der Waals surface area contributed by atoms with Crippen molar-refractivity contribution in [2.24, 2.45) is 0 Å². The van der Waals surface area contributed by atoms with Crippen LogP contribution in [-0.4, -0.2) is 25.2 Å². The maximum atomic E-state index is 11.9. The smallest absolute Gasteiger partial charge is 0.244 e. The van der Waals surface area contributed by atoms with E-state index < -0.39 is 0 Å². The van der Waals surface area contributed by atoms with Gasteiger partial charge in [0.15, 0.2) is 11.5 Å². The van der Waals surface area contributed by atoms with Crippen molar-refractivity contribution in [3.63, 3.8) is 0 Å². The first kappa shape index (κ1) is 16.7. The summed E-state index contributed by atoms with van der Waals surface area (Å²) in [5, 5.41) is 3.72. The van der Waals surface area contributed by atoms with Crippen LogP contribution in [0.3, 0.4) is 0 Å². The lowest BCUT2D eigenvalue weighted by atomic mass is 10.2. The highest BCUT2D eigenvalue weighted by atomic mass is 35.5. The van der Waals surface area contributed by atoms with E-state index in [1.807, 2.05) is 24.3 Å². The van der Waals surface area contributed by atoms with Crippen LogP contribution in [0.5, 0.6) is 11.5 Å². The van der Waals surface area contributed by atoms with Crippen LogP contribution in [-0.2, 0) is 4.79 Å². The summed E-state index contributed by atoms with van der Waals surface area (Å²) < 4.78 is 11.4. The first-order valence-electron chi connectivity index (χ1n) is 7.41. The predicted molar refractivity (Wildman–Crippen MR) is 94.9 cm³/mol. The van der Waals surface area contributed by atoms with E-state index in [1.54, 1.807) is 24.3 Å². The van der Waals surface area contributed by atoms with E-state index in [1.165, 1.54) is 6.08 Å². The normalized spacial score (nSPS) is 16.2. The number of carbonyl (C=O) groups is 1. The van der Waals surface area contributed by atoms with Gasteiger partial charge < -0.3 is 14.8 Å². The van der Waals surface area contributed by atoms with Gasteiger partial charge in [-0.3, -0.25) is 4.79 Å². The molecule has 1 N–H and O–H groups in total. The number of halogens is 2. The molecule has 24 heavy (non-hydrogen) atoms. The van der Waals surface area contributed by atoms with Gasteiger partial charge in [0.1, 0.15) is 12.7 Å². The number of hydrogen-bond donors (Lipinski definition) is 1. The fourth-order valence-electron chi connectivity index (χ4n) is 2.22. The first-order chi connectivity index (χ1) is 11.6. The summed E-state index contributed by atoms with van der Waals surface area (Å²) >= 11 is 11.8. The van der Waals surface area contributed by atoms with Crippen molar-refractivity contribution >= 4 is 35.2 Å². The van der Waals surface area contributed by atoms with Crippen LogP contribution >= 0.6 is 23.2 Å². The largest absolute Gasteiger partial charge is 0.486 e. The van der Waals surface area contributed by atoms with E-state index in [0.29, 0.717) is 28.9 Å². The third kappa shape index (κ3) is 4.22. The Labute approximate surface area is 150 Å². The highest BCUT2D eigenvalue weighted by Crippen LogP contribution is 2.30. The summed E-state index contributed by atoms with van der Waals surface area (Å²) in [4.78, 5) is 11.9. The molecule has 0 bridgehead atoms. The number of rotatable bonds is 4. The maximum absolute atomic E-state index is 11.9. The monoisotopic (exact) mass is 363 g/mol. The van der Waals surface area contributed by atoms with Gasteiger partial charge in [-0.25, -0.2) is 0 Å². The Morgan fingerprint density at radius 1 is 1.17 bits per heavy atom. The van der Waals surface area contributed by atoms with Crippen molar-refractivity contribution < 1.29 is 14.3 Å². The summed E-state index contributed by atoms with van der Waals surface area (Å²) in [6.45, 7) is 0.757. The van der Waals surface area contributed by atoms with Crippen LogP contribution < -0.4 is 14.8 Å². The van der Waals surface area contributed by atoms with E-state index >= 15 is 0 Å². The van der Waals surface area contributed by atoms with E-state index in [9.17, 15) is 4.79 Å². The SMILES string of the molecule is O=C(/C=C/c1ccc(Cl)c(Cl)c1)NC[C@H]1COc2ccccc2O1. The van der Waals surface area contributed by atoms with Gasteiger partial charge in [0.25, 0.3) is 0 Å². The fraction of sp³-hybridized carbons (Fsp3) is 0.167. The molecule has 2 aromatic carbocycles. The third-order valence-electron chi connectivity index (χ3n) is 3.44. The molecule has 1 aliphatic rings. The molecule has 6 heteroatoms. The number of hydrogen-bond acceptors (Lipinski definition) is 3. The highest BCUT2D eigenvalue weighted by molar-refractivity contribution is 6.42. The molecule has 0 unspecified atom stereocenters. The number of para-hydroxylation sites is 2. The molecular weight excluding hydrogens is 349 g/mol. The van der Waals surface area contributed by atoms with Gasteiger partial charge in [0, 0.05) is 6.08 Å². The number of benzene rings is 2. The zero-order valence-corrected chi connectivity index (χ0v) is 14.2. The Morgan fingerprint density at radius 2 is 1.96 bits per heavy atom. The molecule has 0 saturated heterocycles. The van der Waals surface area contributed by atoms with Crippen LogP contribution in [0.15, 0.2) is 48.5 Å². The molecule has 0 aromatic heterocycles. The highest BCUT2D eigenvalue weighted by Gasteiger charge is 2.20. The molecule has 1 amide bonds. The topological polar surface area (TPSA) is 47.6 Å². The van der Waals surface area contributed by atoms with Crippen molar-refractivity contribution in [2.45, 2.75) is 6.10 Å². The lowest BCUT2D eigenvalue weighted by Gasteiger charge is -2.26. The summed E-state index contributed by atoms with van der Waals surface area (Å²) in [7, 11) is 0. The van der Waals surface area contributed by atoms with Crippen LogP contribution in [0.4, 0.5) is 0 Å². The van der Waals surface area contributed by atoms with Gasteiger partial charge in [-0.2, -0.15) is 0 Å². The van der Waals surface area contributed by atoms with E-state index in [4.69, 9.17) is 32.7 Å². The summed E-state index contributed by atoms with van der Waals surface area (Å²) in [6.07, 6.45) is 2.89. The van der Waals surface area contributed by atoms with Crippen molar-refractivity contribution in [2.75, 3.05) is 13.2 Å². The fourth-order valence-corrected chi connectivity index (χ4v) is 2.53. The molecule has 1 heterocycles. The Balaban J connectivity index is 1.51. The Bertz CT molecular complexity index is 777. The molecule has 0 fully saturated rings. The quantitative estimate of drug-likeness (QED) is 0.836. The average molecular weight is 364 g/mol. The molecule has 3 rings (SSSR count). The van der Waals surface area contributed by atoms with Gasteiger partial charge in [0.05, 0.1) is 16.6 Å². The number of fused-ring (bicyclic) bond motifs is 1. The van der Waals surface area contributed by atoms with Crippen molar-refractivity contribution in [3.8, 4) is 11.5 Å². The second-order valence-electron chi connectivity index (χ2n) is 5.25. The minimum Gasteiger partial charge on any atom is -0.486 e. The number of ether oxygens (including phenoxy) is 2. The lowest BCUT2D eigenvalue weighted by Crippen LogP contribution is -2.40. The first-order valence-corrected chi connectivity index (χ1v) is 8.17. The van der Waals surface area contributed by atoms with Crippen LogP contribution in [0.1, 0.15) is 5.56 Å². The Morgan fingerprint density at radius 3 is 2.75 bits per heavy atom. The summed E-state index contributed by atoms with van der Waals surface area (Å²) in [5.74, 6) is 1.19. The van der Waals surface area contributed by atoms with Crippen molar-refractivity contribution in [1.82, 2.24) is 5.32 Å². The summed E-state index contributed by atoms with van der Waals surface area (Å²) in [6, 6.07) is 12.6. The predicted octanol–water partition coefficient (Wildman–Crippen LogP) is 3.96. The van der Waals surface area contributed by atoms with Gasteiger partial charge in [-0.1, -0.05) is 41.4 Å². The Kier molecular flexibility index (Phi) is 5.28. The molecule has 0 aliphatic carbocycles. The number of nitrogens with one attached hydrogen (secondary N) is 1. The summed E-state index contributed by atoms with van der Waals surface area (Å²) in [5.41, 5.74) is 0.797.